The maximum Gasteiger partial charge on any atom is 0.240 e. The van der Waals surface area contributed by atoms with Crippen LogP contribution in [0.1, 0.15) is 19.3 Å². The van der Waals surface area contributed by atoms with Gasteiger partial charge in [0, 0.05) is 12.1 Å². The van der Waals surface area contributed by atoms with Crippen molar-refractivity contribution >= 4 is 21.6 Å². The predicted octanol–water partition coefficient (Wildman–Crippen LogP) is 0.923. The second-order valence-electron chi connectivity index (χ2n) is 5.20. The Balaban J connectivity index is 1.92. The standard InChI is InChI=1S/C14H21N3O3S/c1-15-21(19,20)13-6-4-12(5-7-13)17-14(18)9-11-3-2-8-16-10-11/h4-7,11,15-16H,2-3,8-10H2,1H3,(H,17,18). The third-order valence-corrected chi connectivity index (χ3v) is 5.02. The molecule has 1 aliphatic rings. The van der Waals surface area contributed by atoms with Crippen LogP contribution in [-0.4, -0.2) is 34.5 Å². The Bertz CT molecular complexity index is 578. The first-order valence-electron chi connectivity index (χ1n) is 7.05. The van der Waals surface area contributed by atoms with Crippen LogP contribution in [0.15, 0.2) is 29.2 Å². The second kappa shape index (κ2) is 7.02. The van der Waals surface area contributed by atoms with Crippen LogP contribution < -0.4 is 15.4 Å². The first-order chi connectivity index (χ1) is 10.0. The summed E-state index contributed by atoms with van der Waals surface area (Å²) in [6.07, 6.45) is 2.66. The molecule has 0 bridgehead atoms. The molecule has 1 aromatic rings. The Morgan fingerprint density at radius 2 is 2.05 bits per heavy atom. The van der Waals surface area contributed by atoms with Crippen LogP contribution in [0.3, 0.4) is 0 Å². The van der Waals surface area contributed by atoms with Gasteiger partial charge in [0.05, 0.1) is 4.90 Å². The largest absolute Gasteiger partial charge is 0.326 e. The lowest BCUT2D eigenvalue weighted by molar-refractivity contribution is -0.117. The molecule has 6 nitrogen and oxygen atoms in total. The van der Waals surface area contributed by atoms with E-state index in [1.54, 1.807) is 12.1 Å². The fraction of sp³-hybridized carbons (Fsp3) is 0.500. The summed E-state index contributed by atoms with van der Waals surface area (Å²) < 4.78 is 25.4. The first kappa shape index (κ1) is 15.9. The highest BCUT2D eigenvalue weighted by Crippen LogP contribution is 2.17. The molecule has 1 fully saturated rings. The summed E-state index contributed by atoms with van der Waals surface area (Å²) in [5.41, 5.74) is 0.610. The molecule has 0 aliphatic carbocycles. The summed E-state index contributed by atoms with van der Waals surface area (Å²) in [5, 5.41) is 6.08. The molecule has 0 spiro atoms. The summed E-state index contributed by atoms with van der Waals surface area (Å²) in [6, 6.07) is 6.15. The van der Waals surface area contributed by atoms with E-state index >= 15 is 0 Å². The van der Waals surface area contributed by atoms with E-state index in [9.17, 15) is 13.2 Å². The monoisotopic (exact) mass is 311 g/mol. The number of piperidine rings is 1. The first-order valence-corrected chi connectivity index (χ1v) is 8.54. The quantitative estimate of drug-likeness (QED) is 0.755. The molecule has 3 N–H and O–H groups in total. The molecule has 116 valence electrons. The van der Waals surface area contributed by atoms with E-state index < -0.39 is 10.0 Å². The van der Waals surface area contributed by atoms with E-state index in [1.165, 1.54) is 19.2 Å². The van der Waals surface area contributed by atoms with E-state index in [0.29, 0.717) is 18.0 Å². The molecule has 0 aromatic heterocycles. The van der Waals surface area contributed by atoms with Gasteiger partial charge in [0.25, 0.3) is 0 Å². The van der Waals surface area contributed by atoms with E-state index in [0.717, 1.165) is 25.9 Å². The van der Waals surface area contributed by atoms with Gasteiger partial charge in [-0.25, -0.2) is 13.1 Å². The Morgan fingerprint density at radius 1 is 1.33 bits per heavy atom. The molecule has 2 rings (SSSR count). The summed E-state index contributed by atoms with van der Waals surface area (Å²) in [4.78, 5) is 12.1. The Labute approximate surface area is 125 Å². The zero-order chi connectivity index (χ0) is 15.3. The highest BCUT2D eigenvalue weighted by atomic mass is 32.2. The molecule has 1 aliphatic heterocycles. The topological polar surface area (TPSA) is 87.3 Å². The molecule has 7 heteroatoms. The maximum atomic E-state index is 11.9. The highest BCUT2D eigenvalue weighted by molar-refractivity contribution is 7.89. The van der Waals surface area contributed by atoms with E-state index in [-0.39, 0.29) is 10.8 Å². The summed E-state index contributed by atoms with van der Waals surface area (Å²) in [7, 11) is -2.07. The van der Waals surface area contributed by atoms with Crippen molar-refractivity contribution in [1.29, 1.82) is 0 Å². The number of hydrogen-bond donors (Lipinski definition) is 3. The van der Waals surface area contributed by atoms with Crippen molar-refractivity contribution in [2.75, 3.05) is 25.5 Å². The van der Waals surface area contributed by atoms with Crippen LogP contribution in [0, 0.1) is 5.92 Å². The van der Waals surface area contributed by atoms with E-state index in [4.69, 9.17) is 0 Å². The lowest BCUT2D eigenvalue weighted by Crippen LogP contribution is -2.32. The molecule has 1 heterocycles. The molecule has 21 heavy (non-hydrogen) atoms. The van der Waals surface area contributed by atoms with Gasteiger partial charge in [-0.2, -0.15) is 0 Å². The third-order valence-electron chi connectivity index (χ3n) is 3.59. The number of carbonyl (C=O) groups excluding carboxylic acids is 1. The molecular weight excluding hydrogens is 290 g/mol. The van der Waals surface area contributed by atoms with Crippen LogP contribution in [-0.2, 0) is 14.8 Å². The summed E-state index contributed by atoms with van der Waals surface area (Å²) in [6.45, 7) is 1.91. The number of nitrogens with one attached hydrogen (secondary N) is 3. The van der Waals surface area contributed by atoms with Crippen molar-refractivity contribution in [3.05, 3.63) is 24.3 Å². The Morgan fingerprint density at radius 3 is 2.62 bits per heavy atom. The Kier molecular flexibility index (Phi) is 5.33. The predicted molar refractivity (Wildman–Crippen MR) is 81.5 cm³/mol. The van der Waals surface area contributed by atoms with Gasteiger partial charge in [0.1, 0.15) is 0 Å². The molecular formula is C14H21N3O3S. The molecule has 0 radical (unpaired) electrons. The molecule has 1 atom stereocenters. The zero-order valence-electron chi connectivity index (χ0n) is 12.1. The van der Waals surface area contributed by atoms with Crippen LogP contribution >= 0.6 is 0 Å². The van der Waals surface area contributed by atoms with E-state index in [1.807, 2.05) is 0 Å². The van der Waals surface area contributed by atoms with Gasteiger partial charge >= 0.3 is 0 Å². The van der Waals surface area contributed by atoms with Gasteiger partial charge in [-0.1, -0.05) is 0 Å². The molecule has 1 unspecified atom stereocenters. The van der Waals surface area contributed by atoms with Crippen molar-refractivity contribution in [2.45, 2.75) is 24.2 Å². The third kappa shape index (κ3) is 4.52. The van der Waals surface area contributed by atoms with Crippen LogP contribution in [0.25, 0.3) is 0 Å². The molecule has 0 saturated carbocycles. The van der Waals surface area contributed by atoms with Crippen LogP contribution in [0.5, 0.6) is 0 Å². The van der Waals surface area contributed by atoms with Crippen molar-refractivity contribution in [3.63, 3.8) is 0 Å². The SMILES string of the molecule is CNS(=O)(=O)c1ccc(NC(=O)CC2CCCNC2)cc1. The fourth-order valence-electron chi connectivity index (χ4n) is 2.41. The average molecular weight is 311 g/mol. The minimum atomic E-state index is -3.44. The van der Waals surface area contributed by atoms with E-state index in [2.05, 4.69) is 15.4 Å². The van der Waals surface area contributed by atoms with Crippen molar-refractivity contribution in [1.82, 2.24) is 10.0 Å². The lowest BCUT2D eigenvalue weighted by atomic mass is 9.96. The number of anilines is 1. The fourth-order valence-corrected chi connectivity index (χ4v) is 3.14. The normalized spacial score (nSPS) is 19.2. The minimum Gasteiger partial charge on any atom is -0.326 e. The number of benzene rings is 1. The van der Waals surface area contributed by atoms with Crippen molar-refractivity contribution in [3.8, 4) is 0 Å². The van der Waals surface area contributed by atoms with Gasteiger partial charge in [0.2, 0.25) is 15.9 Å². The van der Waals surface area contributed by atoms with Crippen LogP contribution in [0.2, 0.25) is 0 Å². The number of sulfonamides is 1. The number of carbonyl (C=O) groups is 1. The lowest BCUT2D eigenvalue weighted by Gasteiger charge is -2.22. The highest BCUT2D eigenvalue weighted by Gasteiger charge is 2.17. The summed E-state index contributed by atoms with van der Waals surface area (Å²) in [5.74, 6) is 0.343. The number of hydrogen-bond acceptors (Lipinski definition) is 4. The minimum absolute atomic E-state index is 0.0343. The van der Waals surface area contributed by atoms with Crippen LogP contribution in [0.4, 0.5) is 5.69 Å². The second-order valence-corrected chi connectivity index (χ2v) is 7.08. The zero-order valence-corrected chi connectivity index (χ0v) is 12.9. The number of amides is 1. The van der Waals surface area contributed by atoms with Crippen molar-refractivity contribution < 1.29 is 13.2 Å². The summed E-state index contributed by atoms with van der Waals surface area (Å²) >= 11 is 0. The smallest absolute Gasteiger partial charge is 0.240 e. The van der Waals surface area contributed by atoms with Gasteiger partial charge in [-0.05, 0) is 63.2 Å². The van der Waals surface area contributed by atoms with Gasteiger partial charge < -0.3 is 10.6 Å². The van der Waals surface area contributed by atoms with Gasteiger partial charge in [-0.15, -0.1) is 0 Å². The molecule has 1 saturated heterocycles. The van der Waals surface area contributed by atoms with Crippen molar-refractivity contribution in [2.24, 2.45) is 5.92 Å². The molecule has 1 aromatic carbocycles. The maximum absolute atomic E-state index is 11.9. The molecule has 1 amide bonds. The van der Waals surface area contributed by atoms with Gasteiger partial charge in [0.15, 0.2) is 0 Å². The Hall–Kier alpha value is -1.44. The average Bonchev–Trinajstić information content (AvgIpc) is 2.48. The van der Waals surface area contributed by atoms with Gasteiger partial charge in [-0.3, -0.25) is 4.79 Å². The number of rotatable bonds is 5.